The molecule has 6 nitrogen and oxygen atoms in total. The lowest BCUT2D eigenvalue weighted by molar-refractivity contribution is 0.0469. The van der Waals surface area contributed by atoms with Crippen LogP contribution in [0, 0.1) is 0 Å². The molecule has 2 aromatic rings. The SMILES string of the molecule is COc1ccccc1COC(=O)c1cc(S(N)(=O)=O)ccc1Br. The zero-order valence-corrected chi connectivity index (χ0v) is 14.6. The molecule has 0 atom stereocenters. The van der Waals surface area contributed by atoms with Crippen molar-refractivity contribution in [1.29, 1.82) is 0 Å². The molecule has 8 heteroatoms. The molecule has 122 valence electrons. The fourth-order valence-corrected chi connectivity index (χ4v) is 2.83. The molecule has 0 unspecified atom stereocenters. The second kappa shape index (κ2) is 7.12. The van der Waals surface area contributed by atoms with E-state index in [4.69, 9.17) is 14.6 Å². The predicted molar refractivity (Wildman–Crippen MR) is 87.6 cm³/mol. The summed E-state index contributed by atoms with van der Waals surface area (Å²) in [5.41, 5.74) is 0.772. The van der Waals surface area contributed by atoms with Crippen LogP contribution in [0.4, 0.5) is 0 Å². The number of ether oxygens (including phenoxy) is 2. The van der Waals surface area contributed by atoms with Gasteiger partial charge in [0.25, 0.3) is 0 Å². The van der Waals surface area contributed by atoms with Crippen LogP contribution in [0.1, 0.15) is 15.9 Å². The van der Waals surface area contributed by atoms with Gasteiger partial charge in [0.05, 0.1) is 17.6 Å². The largest absolute Gasteiger partial charge is 0.496 e. The molecule has 0 aliphatic carbocycles. The minimum Gasteiger partial charge on any atom is -0.496 e. The van der Waals surface area contributed by atoms with Gasteiger partial charge in [0.2, 0.25) is 10.0 Å². The Morgan fingerprint density at radius 1 is 1.22 bits per heavy atom. The third kappa shape index (κ3) is 4.31. The number of carbonyl (C=O) groups excluding carboxylic acids is 1. The van der Waals surface area contributed by atoms with Crippen molar-refractivity contribution in [2.45, 2.75) is 11.5 Å². The minimum atomic E-state index is -3.90. The zero-order chi connectivity index (χ0) is 17.0. The highest BCUT2D eigenvalue weighted by Crippen LogP contribution is 2.23. The molecule has 0 fully saturated rings. The van der Waals surface area contributed by atoms with E-state index in [9.17, 15) is 13.2 Å². The van der Waals surface area contributed by atoms with E-state index in [0.29, 0.717) is 15.8 Å². The van der Waals surface area contributed by atoms with Crippen LogP contribution in [0.2, 0.25) is 0 Å². The molecule has 0 aliphatic rings. The van der Waals surface area contributed by atoms with Gasteiger partial charge < -0.3 is 9.47 Å². The number of para-hydroxylation sites is 1. The van der Waals surface area contributed by atoms with Gasteiger partial charge in [0, 0.05) is 10.0 Å². The molecule has 0 saturated heterocycles. The highest BCUT2D eigenvalue weighted by molar-refractivity contribution is 9.10. The third-order valence-electron chi connectivity index (χ3n) is 3.04. The van der Waals surface area contributed by atoms with Crippen molar-refractivity contribution in [2.75, 3.05) is 7.11 Å². The molecule has 0 aliphatic heterocycles. The van der Waals surface area contributed by atoms with Crippen LogP contribution < -0.4 is 9.88 Å². The number of rotatable bonds is 5. The summed E-state index contributed by atoms with van der Waals surface area (Å²) in [6.45, 7) is -0.00507. The first-order chi connectivity index (χ1) is 10.8. The summed E-state index contributed by atoms with van der Waals surface area (Å²) in [6, 6.07) is 11.0. The fourth-order valence-electron chi connectivity index (χ4n) is 1.88. The van der Waals surface area contributed by atoms with Gasteiger partial charge in [-0.3, -0.25) is 0 Å². The van der Waals surface area contributed by atoms with Crippen molar-refractivity contribution >= 4 is 31.9 Å². The van der Waals surface area contributed by atoms with Crippen LogP contribution in [-0.2, 0) is 21.4 Å². The van der Waals surface area contributed by atoms with Crippen LogP contribution in [0.5, 0.6) is 5.75 Å². The molecule has 2 N–H and O–H groups in total. The molecule has 0 amide bonds. The number of methoxy groups -OCH3 is 1. The zero-order valence-electron chi connectivity index (χ0n) is 12.2. The van der Waals surface area contributed by atoms with E-state index in [1.807, 2.05) is 0 Å². The molecule has 0 spiro atoms. The van der Waals surface area contributed by atoms with Crippen molar-refractivity contribution in [1.82, 2.24) is 0 Å². The maximum absolute atomic E-state index is 12.2. The van der Waals surface area contributed by atoms with Crippen molar-refractivity contribution < 1.29 is 22.7 Å². The Bertz CT molecular complexity index is 836. The summed E-state index contributed by atoms with van der Waals surface area (Å²) in [4.78, 5) is 12.0. The number of hydrogen-bond acceptors (Lipinski definition) is 5. The monoisotopic (exact) mass is 399 g/mol. The van der Waals surface area contributed by atoms with Gasteiger partial charge in [-0.2, -0.15) is 0 Å². The number of benzene rings is 2. The Morgan fingerprint density at radius 2 is 1.91 bits per heavy atom. The van der Waals surface area contributed by atoms with Gasteiger partial charge in [0.15, 0.2) is 0 Å². The van der Waals surface area contributed by atoms with Crippen molar-refractivity contribution in [3.05, 3.63) is 58.1 Å². The predicted octanol–water partition coefficient (Wildman–Crippen LogP) is 2.46. The number of carbonyl (C=O) groups is 1. The fraction of sp³-hybridized carbons (Fsp3) is 0.133. The second-order valence-electron chi connectivity index (χ2n) is 4.57. The Balaban J connectivity index is 2.21. The number of halogens is 1. The molecule has 2 aromatic carbocycles. The van der Waals surface area contributed by atoms with Gasteiger partial charge in [-0.25, -0.2) is 18.4 Å². The maximum atomic E-state index is 12.2. The molecular formula is C15H14BrNO5S. The minimum absolute atomic E-state index is 0.00507. The number of primary sulfonamides is 1. The summed E-state index contributed by atoms with van der Waals surface area (Å²) in [6.07, 6.45) is 0. The molecule has 2 rings (SSSR count). The second-order valence-corrected chi connectivity index (χ2v) is 6.99. The Labute approximate surface area is 142 Å². The lowest BCUT2D eigenvalue weighted by Crippen LogP contribution is -2.14. The third-order valence-corrected chi connectivity index (χ3v) is 4.64. The quantitative estimate of drug-likeness (QED) is 0.778. The molecule has 0 bridgehead atoms. The molecule has 23 heavy (non-hydrogen) atoms. The summed E-state index contributed by atoms with van der Waals surface area (Å²) in [7, 11) is -2.38. The topological polar surface area (TPSA) is 95.7 Å². The first kappa shape index (κ1) is 17.5. The maximum Gasteiger partial charge on any atom is 0.339 e. The normalized spacial score (nSPS) is 11.1. The molecule has 0 aromatic heterocycles. The first-order valence-corrected chi connectivity index (χ1v) is 8.78. The van der Waals surface area contributed by atoms with E-state index in [1.165, 1.54) is 25.3 Å². The lowest BCUT2D eigenvalue weighted by Gasteiger charge is -2.10. The number of nitrogens with two attached hydrogens (primary N) is 1. The molecule has 0 heterocycles. The first-order valence-electron chi connectivity index (χ1n) is 6.44. The van der Waals surface area contributed by atoms with Gasteiger partial charge >= 0.3 is 5.97 Å². The average molecular weight is 400 g/mol. The van der Waals surface area contributed by atoms with E-state index in [-0.39, 0.29) is 17.1 Å². The van der Waals surface area contributed by atoms with Crippen LogP contribution >= 0.6 is 15.9 Å². The summed E-state index contributed by atoms with van der Waals surface area (Å²) in [5, 5.41) is 5.07. The van der Waals surface area contributed by atoms with E-state index in [1.54, 1.807) is 24.3 Å². The van der Waals surface area contributed by atoms with E-state index in [0.717, 1.165) is 0 Å². The van der Waals surface area contributed by atoms with Crippen LogP contribution in [0.25, 0.3) is 0 Å². The summed E-state index contributed by atoms with van der Waals surface area (Å²) in [5.74, 6) is -0.0778. The van der Waals surface area contributed by atoms with E-state index in [2.05, 4.69) is 15.9 Å². The average Bonchev–Trinajstić information content (AvgIpc) is 2.52. The number of esters is 1. The molecule has 0 saturated carbocycles. The van der Waals surface area contributed by atoms with Crippen molar-refractivity contribution in [3.8, 4) is 5.75 Å². The number of sulfonamides is 1. The lowest BCUT2D eigenvalue weighted by atomic mass is 10.2. The Hall–Kier alpha value is -1.90. The highest BCUT2D eigenvalue weighted by atomic mass is 79.9. The standard InChI is InChI=1S/C15H14BrNO5S/c1-21-14-5-3-2-4-10(14)9-22-15(18)12-8-11(23(17,19)20)6-7-13(12)16/h2-8H,9H2,1H3,(H2,17,19,20). The van der Waals surface area contributed by atoms with Crippen LogP contribution in [0.3, 0.4) is 0 Å². The van der Waals surface area contributed by atoms with Crippen LogP contribution in [0.15, 0.2) is 51.8 Å². The highest BCUT2D eigenvalue weighted by Gasteiger charge is 2.17. The molecular weight excluding hydrogens is 386 g/mol. The van der Waals surface area contributed by atoms with Crippen molar-refractivity contribution in [2.24, 2.45) is 5.14 Å². The molecule has 0 radical (unpaired) electrons. The van der Waals surface area contributed by atoms with Crippen LogP contribution in [-0.4, -0.2) is 21.5 Å². The summed E-state index contributed by atoms with van der Waals surface area (Å²) >= 11 is 3.19. The van der Waals surface area contributed by atoms with E-state index >= 15 is 0 Å². The van der Waals surface area contributed by atoms with Gasteiger partial charge in [0.1, 0.15) is 12.4 Å². The Kier molecular flexibility index (Phi) is 5.40. The van der Waals surface area contributed by atoms with Gasteiger partial charge in [-0.15, -0.1) is 0 Å². The van der Waals surface area contributed by atoms with Gasteiger partial charge in [-0.1, -0.05) is 18.2 Å². The van der Waals surface area contributed by atoms with E-state index < -0.39 is 16.0 Å². The smallest absolute Gasteiger partial charge is 0.339 e. The van der Waals surface area contributed by atoms with Gasteiger partial charge in [-0.05, 0) is 40.2 Å². The van der Waals surface area contributed by atoms with Crippen molar-refractivity contribution in [3.63, 3.8) is 0 Å². The Morgan fingerprint density at radius 3 is 2.57 bits per heavy atom. The summed E-state index contributed by atoms with van der Waals surface area (Å²) < 4.78 is 33.6. The number of hydrogen-bond donors (Lipinski definition) is 1.